The third-order valence-electron chi connectivity index (χ3n) is 7.86. The van der Waals surface area contributed by atoms with Gasteiger partial charge in [0.15, 0.2) is 11.4 Å². The van der Waals surface area contributed by atoms with Crippen molar-refractivity contribution in [2.75, 3.05) is 0 Å². The highest BCUT2D eigenvalue weighted by Crippen LogP contribution is 2.67. The van der Waals surface area contributed by atoms with E-state index in [2.05, 4.69) is 20.8 Å². The van der Waals surface area contributed by atoms with Gasteiger partial charge in [0.05, 0.1) is 12.1 Å². The standard InChI is InChI=1S/C24H30N4O4/c1-23(2)20-12-13-24(23,3)22(26-15-17-6-10-19(11-7-17)28(31)32)21(20)25-14-16-4-8-18(9-5-16)27(29)30/h4-11,14-15,20-22,27-29,31H,12-13H2,1-3H3/t20-,21-,22-,24+/m1/s1. The van der Waals surface area contributed by atoms with Crippen molar-refractivity contribution in [1.82, 2.24) is 0 Å². The minimum atomic E-state index is -0.943. The van der Waals surface area contributed by atoms with Gasteiger partial charge in [-0.05, 0) is 65.0 Å². The molecule has 2 aliphatic carbocycles. The number of hydrogen-bond acceptors (Lipinski definition) is 6. The number of quaternary nitrogens is 2. The second kappa shape index (κ2) is 8.47. The first-order valence-electron chi connectivity index (χ1n) is 10.9. The van der Waals surface area contributed by atoms with Gasteiger partial charge in [0.2, 0.25) is 0 Å². The van der Waals surface area contributed by atoms with E-state index in [0.717, 1.165) is 24.0 Å². The van der Waals surface area contributed by atoms with Gasteiger partial charge >= 0.3 is 0 Å². The van der Waals surface area contributed by atoms with Crippen LogP contribution in [-0.4, -0.2) is 34.9 Å². The van der Waals surface area contributed by atoms with E-state index in [1.54, 1.807) is 48.5 Å². The molecule has 0 spiro atoms. The summed E-state index contributed by atoms with van der Waals surface area (Å²) in [6, 6.07) is 13.5. The zero-order valence-corrected chi connectivity index (χ0v) is 18.5. The molecule has 2 saturated carbocycles. The van der Waals surface area contributed by atoms with Crippen LogP contribution in [0.5, 0.6) is 0 Å². The van der Waals surface area contributed by atoms with Gasteiger partial charge in [0, 0.05) is 36.7 Å². The number of fused-ring (bicyclic) bond motifs is 2. The Labute approximate surface area is 187 Å². The Morgan fingerprint density at radius 2 is 1.31 bits per heavy atom. The Hall–Kier alpha value is -2.46. The van der Waals surface area contributed by atoms with E-state index >= 15 is 0 Å². The SMILES string of the molecule is CC1(C)[C@@H]2CC[C@@]1(C)[C@H](N=Cc1ccc([NH+]([O-])O)cc1)[C@@H]2N=Cc1ccc([NH+]([O-])O)cc1. The number of hydrogen-bond donors (Lipinski definition) is 4. The molecule has 0 aliphatic heterocycles. The fourth-order valence-corrected chi connectivity index (χ4v) is 5.49. The van der Waals surface area contributed by atoms with Crippen molar-refractivity contribution in [2.45, 2.75) is 45.7 Å². The molecule has 0 radical (unpaired) electrons. The summed E-state index contributed by atoms with van der Waals surface area (Å²) in [4.78, 5) is 9.94. The topological polar surface area (TPSA) is 120 Å². The molecule has 170 valence electrons. The number of benzene rings is 2. The molecule has 8 heteroatoms. The Bertz CT molecular complexity index is 1000. The summed E-state index contributed by atoms with van der Waals surface area (Å²) in [5, 5.41) is 38.5. The molecule has 2 aromatic rings. The Morgan fingerprint density at radius 3 is 1.78 bits per heavy atom. The Morgan fingerprint density at radius 1 is 0.844 bits per heavy atom. The summed E-state index contributed by atoms with van der Waals surface area (Å²) in [6.07, 6.45) is 5.88. The third kappa shape index (κ3) is 3.90. The predicted molar refractivity (Wildman–Crippen MR) is 122 cm³/mol. The summed E-state index contributed by atoms with van der Waals surface area (Å²) in [7, 11) is 0. The number of nitrogens with zero attached hydrogens (tertiary/aromatic N) is 2. The first kappa shape index (κ1) is 22.7. The monoisotopic (exact) mass is 438 g/mol. The maximum Gasteiger partial charge on any atom is 0.163 e. The zero-order valence-electron chi connectivity index (χ0n) is 18.5. The first-order chi connectivity index (χ1) is 15.1. The van der Waals surface area contributed by atoms with Gasteiger partial charge in [-0.2, -0.15) is 10.5 Å². The average Bonchev–Trinajstić information content (AvgIpc) is 3.09. The molecule has 4 N–H and O–H groups in total. The molecule has 32 heavy (non-hydrogen) atoms. The second-order valence-corrected chi connectivity index (χ2v) is 9.63. The molecule has 6 atom stereocenters. The van der Waals surface area contributed by atoms with Crippen LogP contribution < -0.4 is 10.5 Å². The Kier molecular flexibility index (Phi) is 6.02. The van der Waals surface area contributed by atoms with Gasteiger partial charge in [0.1, 0.15) is 0 Å². The van der Waals surface area contributed by atoms with Crippen LogP contribution in [0.2, 0.25) is 0 Å². The van der Waals surface area contributed by atoms with Gasteiger partial charge in [-0.25, -0.2) is 10.4 Å². The largest absolute Gasteiger partial charge is 0.595 e. The zero-order chi connectivity index (χ0) is 23.1. The lowest BCUT2D eigenvalue weighted by molar-refractivity contribution is -0.991. The van der Waals surface area contributed by atoms with Crippen LogP contribution >= 0.6 is 0 Å². The molecule has 4 rings (SSSR count). The highest BCUT2D eigenvalue weighted by Gasteiger charge is 2.66. The van der Waals surface area contributed by atoms with Crippen molar-refractivity contribution >= 4 is 23.8 Å². The molecular weight excluding hydrogens is 408 g/mol. The van der Waals surface area contributed by atoms with Crippen molar-refractivity contribution in [1.29, 1.82) is 0 Å². The van der Waals surface area contributed by atoms with Crippen molar-refractivity contribution in [2.24, 2.45) is 26.7 Å². The average molecular weight is 439 g/mol. The first-order valence-corrected chi connectivity index (χ1v) is 10.9. The van der Waals surface area contributed by atoms with Crippen LogP contribution in [0.25, 0.3) is 0 Å². The van der Waals surface area contributed by atoms with Crippen molar-refractivity contribution in [3.05, 3.63) is 70.1 Å². The lowest BCUT2D eigenvalue weighted by Gasteiger charge is -2.37. The van der Waals surface area contributed by atoms with E-state index in [1.165, 1.54) is 0 Å². The molecule has 0 aromatic heterocycles. The second-order valence-electron chi connectivity index (χ2n) is 9.63. The van der Waals surface area contributed by atoms with Crippen LogP contribution in [-0.2, 0) is 0 Å². The predicted octanol–water partition coefficient (Wildman–Crippen LogP) is 2.22. The summed E-state index contributed by atoms with van der Waals surface area (Å²) in [5.41, 5.74) is 2.36. The van der Waals surface area contributed by atoms with Gasteiger partial charge in [-0.15, -0.1) is 0 Å². The van der Waals surface area contributed by atoms with Crippen LogP contribution in [0.1, 0.15) is 44.7 Å². The Balaban J connectivity index is 1.59. The fourth-order valence-electron chi connectivity index (χ4n) is 5.49. The van der Waals surface area contributed by atoms with E-state index in [0.29, 0.717) is 5.92 Å². The van der Waals surface area contributed by atoms with Gasteiger partial charge in [-0.3, -0.25) is 9.98 Å². The fraction of sp³-hybridized carbons (Fsp3) is 0.417. The maximum atomic E-state index is 11.1. The highest BCUT2D eigenvalue weighted by atomic mass is 16.8. The highest BCUT2D eigenvalue weighted by molar-refractivity contribution is 5.81. The summed E-state index contributed by atoms with van der Waals surface area (Å²) >= 11 is 0. The smallest absolute Gasteiger partial charge is 0.163 e. The number of rotatable bonds is 6. The molecule has 2 bridgehead atoms. The van der Waals surface area contributed by atoms with Crippen LogP contribution in [0, 0.1) is 27.2 Å². The van der Waals surface area contributed by atoms with E-state index in [9.17, 15) is 10.4 Å². The molecule has 2 unspecified atom stereocenters. The lowest BCUT2D eigenvalue weighted by Crippen LogP contribution is -2.99. The van der Waals surface area contributed by atoms with Crippen molar-refractivity contribution < 1.29 is 20.9 Å². The van der Waals surface area contributed by atoms with E-state index in [4.69, 9.17) is 20.4 Å². The summed E-state index contributed by atoms with van der Waals surface area (Å²) in [5.74, 6) is 0.415. The van der Waals surface area contributed by atoms with Crippen LogP contribution in [0.4, 0.5) is 11.4 Å². The summed E-state index contributed by atoms with van der Waals surface area (Å²) < 4.78 is 0. The van der Waals surface area contributed by atoms with Crippen molar-refractivity contribution in [3.63, 3.8) is 0 Å². The normalized spacial score (nSPS) is 30.9. The molecule has 8 nitrogen and oxygen atoms in total. The molecule has 0 amide bonds. The molecule has 2 aliphatic rings. The number of nitrogens with one attached hydrogen (secondary N) is 2. The molecule has 2 aromatic carbocycles. The lowest BCUT2D eigenvalue weighted by atomic mass is 9.69. The molecule has 0 saturated heterocycles. The van der Waals surface area contributed by atoms with Crippen LogP contribution in [0.3, 0.4) is 0 Å². The summed E-state index contributed by atoms with van der Waals surface area (Å²) in [6.45, 7) is 6.93. The number of aliphatic imine (C=N–C) groups is 2. The van der Waals surface area contributed by atoms with E-state index in [-0.39, 0.29) is 34.3 Å². The maximum absolute atomic E-state index is 11.1. The minimum Gasteiger partial charge on any atom is -0.595 e. The quantitative estimate of drug-likeness (QED) is 0.408. The molecular formula is C24H30N4O4. The van der Waals surface area contributed by atoms with Crippen LogP contribution in [0.15, 0.2) is 58.5 Å². The third-order valence-corrected chi connectivity index (χ3v) is 7.86. The van der Waals surface area contributed by atoms with Crippen molar-refractivity contribution in [3.8, 4) is 0 Å². The van der Waals surface area contributed by atoms with Gasteiger partial charge in [-0.1, -0.05) is 20.8 Å². The molecule has 2 fully saturated rings. The van der Waals surface area contributed by atoms with Gasteiger partial charge in [0.25, 0.3) is 0 Å². The molecule has 0 heterocycles. The minimum absolute atomic E-state index is 0.0182. The van der Waals surface area contributed by atoms with E-state index in [1.807, 2.05) is 12.4 Å². The van der Waals surface area contributed by atoms with Gasteiger partial charge < -0.3 is 10.4 Å². The van der Waals surface area contributed by atoms with E-state index < -0.39 is 10.5 Å².